The maximum Gasteiger partial charge on any atom is 0.266 e. The number of H-pyrrole nitrogens is 1. The monoisotopic (exact) mass is 448 g/mol. The number of ether oxygens (including phenoxy) is 1. The van der Waals surface area contributed by atoms with E-state index in [1.165, 1.54) is 23.5 Å². The van der Waals surface area contributed by atoms with Gasteiger partial charge >= 0.3 is 0 Å². The van der Waals surface area contributed by atoms with E-state index in [2.05, 4.69) is 9.71 Å². The molecule has 4 rings (SSSR count). The van der Waals surface area contributed by atoms with Gasteiger partial charge in [-0.25, -0.2) is 17.5 Å². The number of aromatic amines is 1. The van der Waals surface area contributed by atoms with Crippen LogP contribution < -0.4 is 10.3 Å². The third kappa shape index (κ3) is 3.22. The van der Waals surface area contributed by atoms with Gasteiger partial charge in [-0.15, -0.1) is 11.3 Å². The van der Waals surface area contributed by atoms with E-state index in [1.807, 2.05) is 30.5 Å². The number of halogens is 1. The second kappa shape index (κ2) is 7.73. The van der Waals surface area contributed by atoms with Gasteiger partial charge in [-0.05, 0) is 47.7 Å². The quantitative estimate of drug-likeness (QED) is 0.606. The van der Waals surface area contributed by atoms with E-state index < -0.39 is 22.1 Å². The van der Waals surface area contributed by atoms with E-state index in [-0.39, 0.29) is 23.1 Å². The standard InChI is InChI=1S/C21H21FN2O4S2/c1-21(13-3-5-14(6-4-13)30(26,27)23-11-10-22)17(28-2)8-7-16-18(21)15-9-12-29-19(15)20(25)24-16/h3-9,12,17,23H,10-11H2,1-2H3,(H,24,25). The van der Waals surface area contributed by atoms with Gasteiger partial charge in [0, 0.05) is 30.1 Å². The number of fused-ring (bicyclic) bond motifs is 3. The van der Waals surface area contributed by atoms with E-state index >= 15 is 0 Å². The zero-order valence-corrected chi connectivity index (χ0v) is 18.1. The molecule has 0 amide bonds. The Morgan fingerprint density at radius 2 is 2.00 bits per heavy atom. The van der Waals surface area contributed by atoms with Crippen LogP contribution in [0.1, 0.15) is 23.7 Å². The molecule has 0 saturated carbocycles. The van der Waals surface area contributed by atoms with Crippen molar-refractivity contribution < 1.29 is 17.5 Å². The Hall–Kier alpha value is -2.33. The molecule has 9 heteroatoms. The van der Waals surface area contributed by atoms with Crippen molar-refractivity contribution >= 4 is 37.5 Å². The van der Waals surface area contributed by atoms with E-state index in [4.69, 9.17) is 4.74 Å². The number of thiophene rings is 1. The van der Waals surface area contributed by atoms with Crippen molar-refractivity contribution in [3.05, 3.63) is 69.0 Å². The summed E-state index contributed by atoms with van der Waals surface area (Å²) in [5, 5.41) is 2.74. The maximum absolute atomic E-state index is 12.4. The van der Waals surface area contributed by atoms with Crippen molar-refractivity contribution in [1.82, 2.24) is 9.71 Å². The lowest BCUT2D eigenvalue weighted by molar-refractivity contribution is 0.0915. The van der Waals surface area contributed by atoms with Gasteiger partial charge < -0.3 is 9.72 Å². The Labute approximate surface area is 177 Å². The molecule has 0 radical (unpaired) electrons. The van der Waals surface area contributed by atoms with Crippen LogP contribution in [0, 0.1) is 0 Å². The molecule has 0 fully saturated rings. The first-order valence-electron chi connectivity index (χ1n) is 9.34. The number of nitrogens with one attached hydrogen (secondary N) is 2. The average molecular weight is 449 g/mol. The van der Waals surface area contributed by atoms with Crippen LogP contribution in [0.2, 0.25) is 0 Å². The molecular weight excluding hydrogens is 427 g/mol. The number of sulfonamides is 1. The smallest absolute Gasteiger partial charge is 0.266 e. The van der Waals surface area contributed by atoms with Crippen LogP contribution in [0.5, 0.6) is 0 Å². The number of rotatable bonds is 6. The molecule has 3 aromatic rings. The molecule has 158 valence electrons. The summed E-state index contributed by atoms with van der Waals surface area (Å²) < 4.78 is 45.6. The summed E-state index contributed by atoms with van der Waals surface area (Å²) >= 11 is 1.38. The topological polar surface area (TPSA) is 88.3 Å². The minimum atomic E-state index is -3.78. The van der Waals surface area contributed by atoms with Crippen molar-refractivity contribution in [2.24, 2.45) is 0 Å². The Balaban J connectivity index is 1.88. The van der Waals surface area contributed by atoms with Gasteiger partial charge in [0.2, 0.25) is 10.0 Å². The highest BCUT2D eigenvalue weighted by Gasteiger charge is 2.42. The number of aromatic nitrogens is 1. The number of pyridine rings is 1. The first-order chi connectivity index (χ1) is 14.3. The molecule has 30 heavy (non-hydrogen) atoms. The highest BCUT2D eigenvalue weighted by atomic mass is 32.2. The summed E-state index contributed by atoms with van der Waals surface area (Å²) in [6.45, 7) is 0.974. The third-order valence-electron chi connectivity index (χ3n) is 5.59. The summed E-state index contributed by atoms with van der Waals surface area (Å²) in [6.07, 6.45) is 3.42. The zero-order valence-electron chi connectivity index (χ0n) is 16.4. The van der Waals surface area contributed by atoms with Crippen LogP contribution in [-0.2, 0) is 20.2 Å². The predicted octanol–water partition coefficient (Wildman–Crippen LogP) is 3.19. The molecule has 2 N–H and O–H groups in total. The zero-order chi connectivity index (χ0) is 21.5. The third-order valence-corrected chi connectivity index (χ3v) is 7.98. The number of methoxy groups -OCH3 is 1. The summed E-state index contributed by atoms with van der Waals surface area (Å²) in [6, 6.07) is 8.41. The van der Waals surface area contributed by atoms with Crippen LogP contribution in [-0.4, -0.2) is 39.8 Å². The molecule has 0 saturated heterocycles. The van der Waals surface area contributed by atoms with Crippen molar-refractivity contribution in [3.63, 3.8) is 0 Å². The van der Waals surface area contributed by atoms with E-state index in [0.29, 0.717) is 10.4 Å². The van der Waals surface area contributed by atoms with Gasteiger partial charge in [-0.2, -0.15) is 0 Å². The molecule has 2 heterocycles. The van der Waals surface area contributed by atoms with Crippen LogP contribution in [0.25, 0.3) is 16.2 Å². The fourth-order valence-corrected chi connectivity index (χ4v) is 5.93. The van der Waals surface area contributed by atoms with Gasteiger partial charge in [-0.3, -0.25) is 4.79 Å². The second-order valence-corrected chi connectivity index (χ2v) is 9.92. The fourth-order valence-electron chi connectivity index (χ4n) is 4.13. The highest BCUT2D eigenvalue weighted by Crippen LogP contribution is 2.45. The number of hydrogen-bond acceptors (Lipinski definition) is 5. The summed E-state index contributed by atoms with van der Waals surface area (Å²) in [7, 11) is -2.16. The van der Waals surface area contributed by atoms with Crippen LogP contribution in [0.4, 0.5) is 4.39 Å². The minimum Gasteiger partial charge on any atom is -0.376 e. The average Bonchev–Trinajstić information content (AvgIpc) is 3.23. The Bertz CT molecular complexity index is 1280. The normalized spacial score (nSPS) is 21.1. The molecule has 0 spiro atoms. The largest absolute Gasteiger partial charge is 0.376 e. The predicted molar refractivity (Wildman–Crippen MR) is 116 cm³/mol. The molecule has 2 atom stereocenters. The van der Waals surface area contributed by atoms with Gasteiger partial charge in [0.25, 0.3) is 5.56 Å². The second-order valence-electron chi connectivity index (χ2n) is 7.24. The minimum absolute atomic E-state index is 0.0611. The molecule has 1 aromatic carbocycles. The van der Waals surface area contributed by atoms with Crippen molar-refractivity contribution in [2.75, 3.05) is 20.3 Å². The molecule has 0 bridgehead atoms. The Morgan fingerprint density at radius 3 is 2.67 bits per heavy atom. The first kappa shape index (κ1) is 20.9. The van der Waals surface area contributed by atoms with Crippen molar-refractivity contribution in [2.45, 2.75) is 23.3 Å². The lowest BCUT2D eigenvalue weighted by atomic mass is 9.68. The summed E-state index contributed by atoms with van der Waals surface area (Å²) in [5.74, 6) is 0. The molecule has 6 nitrogen and oxygen atoms in total. The van der Waals surface area contributed by atoms with Crippen molar-refractivity contribution in [3.8, 4) is 0 Å². The van der Waals surface area contributed by atoms with Crippen LogP contribution >= 0.6 is 11.3 Å². The van der Waals surface area contributed by atoms with Gasteiger partial charge in [-0.1, -0.05) is 18.2 Å². The lowest BCUT2D eigenvalue weighted by Gasteiger charge is -2.40. The summed E-state index contributed by atoms with van der Waals surface area (Å²) in [5.41, 5.74) is 1.67. The van der Waals surface area contributed by atoms with Crippen LogP contribution in [0.15, 0.2) is 51.5 Å². The SMILES string of the molecule is COC1C=Cc2[nH]c(=O)c3sccc3c2C1(C)c1ccc(S(=O)(=O)NCCF)cc1. The van der Waals surface area contributed by atoms with Gasteiger partial charge in [0.05, 0.1) is 15.7 Å². The molecule has 0 aliphatic heterocycles. The van der Waals surface area contributed by atoms with Crippen molar-refractivity contribution in [1.29, 1.82) is 0 Å². The van der Waals surface area contributed by atoms with Gasteiger partial charge in [0.15, 0.2) is 0 Å². The number of hydrogen-bond donors (Lipinski definition) is 2. The Kier molecular flexibility index (Phi) is 5.39. The highest BCUT2D eigenvalue weighted by molar-refractivity contribution is 7.89. The van der Waals surface area contributed by atoms with Gasteiger partial charge in [0.1, 0.15) is 6.67 Å². The number of alkyl halides is 1. The molecule has 1 aliphatic carbocycles. The lowest BCUT2D eigenvalue weighted by Crippen LogP contribution is -2.41. The molecule has 2 unspecified atom stereocenters. The molecule has 2 aromatic heterocycles. The summed E-state index contributed by atoms with van der Waals surface area (Å²) in [4.78, 5) is 15.5. The Morgan fingerprint density at radius 1 is 1.27 bits per heavy atom. The molecular formula is C21H21FN2O4S2. The fraction of sp³-hybridized carbons (Fsp3) is 0.286. The first-order valence-corrected chi connectivity index (χ1v) is 11.7. The van der Waals surface area contributed by atoms with E-state index in [1.54, 1.807) is 19.2 Å². The van der Waals surface area contributed by atoms with E-state index in [9.17, 15) is 17.6 Å². The number of benzene rings is 1. The maximum atomic E-state index is 12.4. The van der Waals surface area contributed by atoms with Crippen LogP contribution in [0.3, 0.4) is 0 Å². The molecule has 1 aliphatic rings. The van der Waals surface area contributed by atoms with E-state index in [0.717, 1.165) is 16.5 Å².